The molecule has 7 rings (SSSR count). The van der Waals surface area contributed by atoms with Crippen LogP contribution in [-0.4, -0.2) is 39.8 Å². The minimum absolute atomic E-state index is 0.191. The minimum atomic E-state index is -0.663. The number of piperidine rings is 1. The maximum absolute atomic E-state index is 11.0. The molecule has 3 heterocycles. The van der Waals surface area contributed by atoms with Crippen molar-refractivity contribution in [2.75, 3.05) is 13.2 Å². The summed E-state index contributed by atoms with van der Waals surface area (Å²) in [5.41, 5.74) is 4.55. The Morgan fingerprint density at radius 1 is 1.26 bits per heavy atom. The number of ether oxygens (including phenoxy) is 2. The molecule has 1 fully saturated rings. The third-order valence-corrected chi connectivity index (χ3v) is 9.22. The number of hydrogen-bond donors (Lipinski definition) is 2. The number of likely N-dealkylation sites (tertiary alicyclic amines) is 1. The Morgan fingerprint density at radius 3 is 2.94 bits per heavy atom. The molecule has 4 aliphatic rings. The summed E-state index contributed by atoms with van der Waals surface area (Å²) in [7, 11) is 0. The summed E-state index contributed by atoms with van der Waals surface area (Å²) in [5.74, 6) is 0.897. The van der Waals surface area contributed by atoms with Gasteiger partial charge < -0.3 is 24.5 Å². The molecule has 1 saturated heterocycles. The summed E-state index contributed by atoms with van der Waals surface area (Å²) in [6.45, 7) is 8.17. The fraction of sp³-hybridized carbons (Fsp3) is 0.448. The van der Waals surface area contributed by atoms with Crippen LogP contribution in [0.2, 0.25) is 0 Å². The van der Waals surface area contributed by atoms with E-state index < -0.39 is 11.2 Å². The SMILES string of the molecule is C/C=C\N1CC[C@@]23c4c5ccc(O)c4O[C@@]2(C)c2[nH]c4ccccc4c2C[C@@]3(OCCC)[C@H]1C5. The third kappa shape index (κ3) is 2.08. The van der Waals surface area contributed by atoms with Crippen LogP contribution in [0.4, 0.5) is 0 Å². The predicted octanol–water partition coefficient (Wildman–Crippen LogP) is 5.30. The molecule has 1 aromatic heterocycles. The average molecular weight is 457 g/mol. The van der Waals surface area contributed by atoms with Crippen molar-refractivity contribution in [1.82, 2.24) is 9.88 Å². The molecule has 176 valence electrons. The van der Waals surface area contributed by atoms with E-state index in [2.05, 4.69) is 73.3 Å². The van der Waals surface area contributed by atoms with E-state index in [1.54, 1.807) is 0 Å². The van der Waals surface area contributed by atoms with E-state index in [4.69, 9.17) is 9.47 Å². The number of phenolic OH excluding ortho intramolecular Hbond substituents is 1. The molecule has 0 radical (unpaired) electrons. The van der Waals surface area contributed by atoms with E-state index in [-0.39, 0.29) is 17.2 Å². The van der Waals surface area contributed by atoms with Crippen molar-refractivity contribution in [3.63, 3.8) is 0 Å². The Morgan fingerprint density at radius 2 is 2.12 bits per heavy atom. The smallest absolute Gasteiger partial charge is 0.166 e. The lowest BCUT2D eigenvalue weighted by molar-refractivity contribution is -0.219. The zero-order valence-electron chi connectivity index (χ0n) is 20.1. The Kier molecular flexibility index (Phi) is 3.97. The highest BCUT2D eigenvalue weighted by molar-refractivity contribution is 5.86. The van der Waals surface area contributed by atoms with Crippen LogP contribution in [-0.2, 0) is 28.6 Å². The number of benzene rings is 2. The number of H-pyrrole nitrogens is 1. The highest BCUT2D eigenvalue weighted by Crippen LogP contribution is 2.72. The van der Waals surface area contributed by atoms with E-state index in [0.29, 0.717) is 12.4 Å². The van der Waals surface area contributed by atoms with Gasteiger partial charge in [0.2, 0.25) is 0 Å². The number of allylic oxidation sites excluding steroid dienone is 1. The zero-order valence-corrected chi connectivity index (χ0v) is 20.1. The lowest BCUT2D eigenvalue weighted by atomic mass is 9.45. The van der Waals surface area contributed by atoms with Crippen LogP contribution in [0.3, 0.4) is 0 Å². The molecule has 5 heteroatoms. The summed E-state index contributed by atoms with van der Waals surface area (Å²) in [6, 6.07) is 12.7. The van der Waals surface area contributed by atoms with Gasteiger partial charge in [0.25, 0.3) is 0 Å². The van der Waals surface area contributed by atoms with E-state index in [9.17, 15) is 5.11 Å². The van der Waals surface area contributed by atoms with Crippen molar-refractivity contribution in [1.29, 1.82) is 0 Å². The average Bonchev–Trinajstić information content (AvgIpc) is 3.34. The zero-order chi connectivity index (χ0) is 23.3. The molecule has 5 nitrogen and oxygen atoms in total. The van der Waals surface area contributed by atoms with Crippen LogP contribution in [0, 0.1) is 0 Å². The molecule has 0 unspecified atom stereocenters. The number of rotatable bonds is 4. The minimum Gasteiger partial charge on any atom is -0.504 e. The summed E-state index contributed by atoms with van der Waals surface area (Å²) >= 11 is 0. The van der Waals surface area contributed by atoms with Gasteiger partial charge in [-0.2, -0.15) is 0 Å². The second-order valence-electron chi connectivity index (χ2n) is 10.6. The summed E-state index contributed by atoms with van der Waals surface area (Å²) in [5, 5.41) is 12.3. The second-order valence-corrected chi connectivity index (χ2v) is 10.6. The van der Waals surface area contributed by atoms with Gasteiger partial charge in [-0.15, -0.1) is 0 Å². The quantitative estimate of drug-likeness (QED) is 0.559. The number of aromatic nitrogens is 1. The van der Waals surface area contributed by atoms with E-state index >= 15 is 0 Å². The maximum Gasteiger partial charge on any atom is 0.166 e. The molecule has 2 aliphatic carbocycles. The molecule has 1 spiro atoms. The fourth-order valence-corrected chi connectivity index (χ4v) is 8.08. The van der Waals surface area contributed by atoms with Crippen molar-refractivity contribution in [2.45, 2.75) is 69.1 Å². The van der Waals surface area contributed by atoms with Crippen LogP contribution < -0.4 is 4.74 Å². The van der Waals surface area contributed by atoms with Gasteiger partial charge >= 0.3 is 0 Å². The first-order valence-corrected chi connectivity index (χ1v) is 12.7. The second kappa shape index (κ2) is 6.60. The molecular weight excluding hydrogens is 424 g/mol. The van der Waals surface area contributed by atoms with Crippen LogP contribution >= 0.6 is 0 Å². The fourth-order valence-electron chi connectivity index (χ4n) is 8.08. The Labute approximate surface area is 200 Å². The Hall–Kier alpha value is -2.92. The highest BCUT2D eigenvalue weighted by atomic mass is 16.5. The van der Waals surface area contributed by atoms with Gasteiger partial charge in [-0.1, -0.05) is 37.3 Å². The molecule has 2 bridgehead atoms. The number of aromatic amines is 1. The number of phenols is 1. The Balaban J connectivity index is 1.62. The number of hydrogen-bond acceptors (Lipinski definition) is 4. The monoisotopic (exact) mass is 456 g/mol. The molecule has 2 N–H and O–H groups in total. The van der Waals surface area contributed by atoms with Crippen LogP contribution in [0.5, 0.6) is 11.5 Å². The largest absolute Gasteiger partial charge is 0.504 e. The van der Waals surface area contributed by atoms with Gasteiger partial charge in [0, 0.05) is 36.0 Å². The van der Waals surface area contributed by atoms with E-state index in [1.165, 1.54) is 22.1 Å². The number of nitrogens with one attached hydrogen (secondary N) is 1. The third-order valence-electron chi connectivity index (χ3n) is 9.22. The standard InChI is InChI=1S/C29H32N2O3/c1-4-13-31-14-12-28-24-18-10-11-22(32)25(24)34-27(28,3)26-20(19-8-6-7-9-21(19)30-26)17-29(28,23(31)16-18)33-15-5-2/h4,6-11,13,23,30,32H,5,12,14-17H2,1-3H3/b13-4-/t23-,27+,28-,29-/m1/s1. The number of aromatic hydroxyl groups is 1. The van der Waals surface area contributed by atoms with Crippen molar-refractivity contribution in [2.24, 2.45) is 0 Å². The first-order chi connectivity index (χ1) is 16.5. The van der Waals surface area contributed by atoms with Gasteiger partial charge in [0.15, 0.2) is 17.1 Å². The van der Waals surface area contributed by atoms with Gasteiger partial charge in [0.1, 0.15) is 5.60 Å². The molecule has 0 saturated carbocycles. The van der Waals surface area contributed by atoms with Crippen molar-refractivity contribution >= 4 is 10.9 Å². The molecule has 34 heavy (non-hydrogen) atoms. The molecular formula is C29H32N2O3. The van der Waals surface area contributed by atoms with Crippen LogP contribution in [0.15, 0.2) is 48.7 Å². The molecule has 3 aromatic rings. The molecule has 2 aromatic carbocycles. The van der Waals surface area contributed by atoms with Crippen LogP contribution in [0.1, 0.15) is 56.0 Å². The molecule has 2 aliphatic heterocycles. The summed E-state index contributed by atoms with van der Waals surface area (Å²) in [6.07, 6.45) is 7.99. The van der Waals surface area contributed by atoms with Crippen molar-refractivity contribution in [3.05, 3.63) is 71.1 Å². The van der Waals surface area contributed by atoms with E-state index in [0.717, 1.165) is 43.4 Å². The van der Waals surface area contributed by atoms with E-state index in [1.807, 2.05) is 6.07 Å². The van der Waals surface area contributed by atoms with Crippen molar-refractivity contribution in [3.8, 4) is 11.5 Å². The summed E-state index contributed by atoms with van der Waals surface area (Å²) < 4.78 is 14.1. The van der Waals surface area contributed by atoms with Gasteiger partial charge in [-0.3, -0.25) is 0 Å². The highest BCUT2D eigenvalue weighted by Gasteiger charge is 2.78. The number of para-hydroxylation sites is 1. The van der Waals surface area contributed by atoms with Gasteiger partial charge in [-0.25, -0.2) is 0 Å². The first-order valence-electron chi connectivity index (χ1n) is 12.7. The van der Waals surface area contributed by atoms with Crippen LogP contribution in [0.25, 0.3) is 10.9 Å². The lowest BCUT2D eigenvalue weighted by Gasteiger charge is -2.67. The topological polar surface area (TPSA) is 57.7 Å². The number of nitrogens with zero attached hydrogens (tertiary/aromatic N) is 1. The molecule has 4 atom stereocenters. The predicted molar refractivity (Wildman–Crippen MR) is 132 cm³/mol. The van der Waals surface area contributed by atoms with Crippen molar-refractivity contribution < 1.29 is 14.6 Å². The Bertz CT molecular complexity index is 1360. The molecule has 0 amide bonds. The normalized spacial score (nSPS) is 32.7. The summed E-state index contributed by atoms with van der Waals surface area (Å²) in [4.78, 5) is 6.27. The van der Waals surface area contributed by atoms with Gasteiger partial charge in [0.05, 0.1) is 17.2 Å². The first kappa shape index (κ1) is 20.5. The maximum atomic E-state index is 11.0. The lowest BCUT2D eigenvalue weighted by Crippen LogP contribution is -2.78. The van der Waals surface area contributed by atoms with Gasteiger partial charge in [-0.05, 0) is 62.6 Å². The number of fused-ring (bicyclic) bond motifs is 4.